The molecule has 0 aromatic carbocycles. The van der Waals surface area contributed by atoms with Crippen LogP contribution in [-0.2, 0) is 0 Å². The van der Waals surface area contributed by atoms with Crippen molar-refractivity contribution >= 4 is 0 Å². The van der Waals surface area contributed by atoms with Gasteiger partial charge in [0.25, 0.3) is 0 Å². The minimum Gasteiger partial charge on any atom is -0.313 e. The fourth-order valence-corrected chi connectivity index (χ4v) is 4.12. The van der Waals surface area contributed by atoms with Crippen molar-refractivity contribution in [1.29, 1.82) is 0 Å². The molecule has 0 aromatic rings. The van der Waals surface area contributed by atoms with E-state index in [0.29, 0.717) is 11.5 Å². The number of hydrogen-bond donors (Lipinski definition) is 1. The second-order valence-corrected chi connectivity index (χ2v) is 7.69. The highest BCUT2D eigenvalue weighted by atomic mass is 15.2. The Kier molecular flexibility index (Phi) is 5.30. The standard InChI is InChI=1S/C17H34N2/c1-14(2)19(13-15-9-6-8-12-18-15)16-10-5-7-11-17(16,3)4/h14-16,18H,5-13H2,1-4H3. The second-order valence-electron chi connectivity index (χ2n) is 7.69. The first kappa shape index (κ1) is 15.3. The van der Waals surface area contributed by atoms with Crippen molar-refractivity contribution in [1.82, 2.24) is 10.2 Å². The highest BCUT2D eigenvalue weighted by Gasteiger charge is 2.37. The minimum atomic E-state index is 0.497. The molecule has 19 heavy (non-hydrogen) atoms. The van der Waals surface area contributed by atoms with E-state index >= 15 is 0 Å². The van der Waals surface area contributed by atoms with Gasteiger partial charge in [-0.15, -0.1) is 0 Å². The summed E-state index contributed by atoms with van der Waals surface area (Å²) in [7, 11) is 0. The zero-order chi connectivity index (χ0) is 13.9. The highest BCUT2D eigenvalue weighted by molar-refractivity contribution is 4.92. The lowest BCUT2D eigenvalue weighted by molar-refractivity contribution is 0.0189. The first-order valence-electron chi connectivity index (χ1n) is 8.50. The Labute approximate surface area is 120 Å². The summed E-state index contributed by atoms with van der Waals surface area (Å²) in [5.41, 5.74) is 0.497. The number of nitrogens with zero attached hydrogens (tertiary/aromatic N) is 1. The SMILES string of the molecule is CC(C)N(CC1CCCCN1)C1CCCCC1(C)C. The maximum atomic E-state index is 3.73. The lowest BCUT2D eigenvalue weighted by atomic mass is 9.72. The zero-order valence-corrected chi connectivity index (χ0v) is 13.5. The number of hydrogen-bond acceptors (Lipinski definition) is 2. The topological polar surface area (TPSA) is 15.3 Å². The predicted molar refractivity (Wildman–Crippen MR) is 83.5 cm³/mol. The molecule has 2 atom stereocenters. The molecule has 1 aliphatic heterocycles. The van der Waals surface area contributed by atoms with Gasteiger partial charge in [0.2, 0.25) is 0 Å². The van der Waals surface area contributed by atoms with Crippen LogP contribution in [0.15, 0.2) is 0 Å². The Morgan fingerprint density at radius 1 is 1.11 bits per heavy atom. The van der Waals surface area contributed by atoms with Crippen LogP contribution in [0.2, 0.25) is 0 Å². The lowest BCUT2D eigenvalue weighted by Crippen LogP contribution is -2.55. The Hall–Kier alpha value is -0.0800. The van der Waals surface area contributed by atoms with Gasteiger partial charge in [-0.3, -0.25) is 4.90 Å². The molecule has 0 spiro atoms. The fourth-order valence-electron chi connectivity index (χ4n) is 4.12. The Balaban J connectivity index is 2.01. The van der Waals surface area contributed by atoms with Gasteiger partial charge >= 0.3 is 0 Å². The Bertz CT molecular complexity index is 266. The van der Waals surface area contributed by atoms with Gasteiger partial charge in [0.05, 0.1) is 0 Å². The van der Waals surface area contributed by atoms with Crippen LogP contribution >= 0.6 is 0 Å². The summed E-state index contributed by atoms with van der Waals surface area (Å²) in [4.78, 5) is 2.81. The molecule has 1 N–H and O–H groups in total. The van der Waals surface area contributed by atoms with Crippen LogP contribution < -0.4 is 5.32 Å². The van der Waals surface area contributed by atoms with E-state index in [1.54, 1.807) is 0 Å². The van der Waals surface area contributed by atoms with Gasteiger partial charge in [0.15, 0.2) is 0 Å². The van der Waals surface area contributed by atoms with Gasteiger partial charge in [0, 0.05) is 24.7 Å². The number of nitrogens with one attached hydrogen (secondary N) is 1. The summed E-state index contributed by atoms with van der Waals surface area (Å²) in [5, 5.41) is 3.73. The monoisotopic (exact) mass is 266 g/mol. The second kappa shape index (κ2) is 6.58. The number of piperidine rings is 1. The predicted octanol–water partition coefficient (Wildman–Crippen LogP) is 3.81. The van der Waals surface area contributed by atoms with Gasteiger partial charge < -0.3 is 5.32 Å². The van der Waals surface area contributed by atoms with E-state index in [1.807, 2.05) is 0 Å². The van der Waals surface area contributed by atoms with Gasteiger partial charge in [0.1, 0.15) is 0 Å². The van der Waals surface area contributed by atoms with Crippen LogP contribution in [0.3, 0.4) is 0 Å². The molecule has 0 bridgehead atoms. The fraction of sp³-hybridized carbons (Fsp3) is 1.00. The summed E-state index contributed by atoms with van der Waals surface area (Å²) in [5.74, 6) is 0. The minimum absolute atomic E-state index is 0.497. The first-order valence-corrected chi connectivity index (χ1v) is 8.50. The molecular weight excluding hydrogens is 232 g/mol. The van der Waals surface area contributed by atoms with Crippen LogP contribution in [0, 0.1) is 5.41 Å². The summed E-state index contributed by atoms with van der Waals surface area (Å²) in [6.07, 6.45) is 9.81. The molecule has 2 rings (SSSR count). The molecule has 0 amide bonds. The Morgan fingerprint density at radius 2 is 1.84 bits per heavy atom. The Morgan fingerprint density at radius 3 is 2.42 bits per heavy atom. The molecule has 112 valence electrons. The molecule has 1 heterocycles. The molecule has 1 aliphatic carbocycles. The van der Waals surface area contributed by atoms with E-state index < -0.39 is 0 Å². The molecule has 2 aliphatic rings. The van der Waals surface area contributed by atoms with E-state index in [2.05, 4.69) is 37.9 Å². The van der Waals surface area contributed by atoms with Crippen LogP contribution in [0.4, 0.5) is 0 Å². The van der Waals surface area contributed by atoms with E-state index in [1.165, 1.54) is 58.0 Å². The van der Waals surface area contributed by atoms with Crippen LogP contribution in [0.1, 0.15) is 72.6 Å². The maximum Gasteiger partial charge on any atom is 0.0195 e. The van der Waals surface area contributed by atoms with E-state index in [9.17, 15) is 0 Å². The molecule has 2 fully saturated rings. The average Bonchev–Trinajstić information content (AvgIpc) is 2.37. The van der Waals surface area contributed by atoms with Crippen LogP contribution in [0.25, 0.3) is 0 Å². The zero-order valence-electron chi connectivity index (χ0n) is 13.5. The van der Waals surface area contributed by atoms with Crippen molar-refractivity contribution in [3.63, 3.8) is 0 Å². The van der Waals surface area contributed by atoms with E-state index in [-0.39, 0.29) is 0 Å². The number of rotatable bonds is 4. The summed E-state index contributed by atoms with van der Waals surface area (Å²) < 4.78 is 0. The van der Waals surface area contributed by atoms with Crippen LogP contribution in [-0.4, -0.2) is 36.1 Å². The van der Waals surface area contributed by atoms with Crippen molar-refractivity contribution in [2.75, 3.05) is 13.1 Å². The first-order chi connectivity index (χ1) is 9.00. The smallest absolute Gasteiger partial charge is 0.0195 e. The normalized spacial score (nSPS) is 31.9. The molecule has 2 unspecified atom stereocenters. The molecule has 1 saturated heterocycles. The van der Waals surface area contributed by atoms with Gasteiger partial charge in [-0.2, -0.15) is 0 Å². The van der Waals surface area contributed by atoms with Crippen molar-refractivity contribution < 1.29 is 0 Å². The maximum absolute atomic E-state index is 3.73. The molecule has 1 saturated carbocycles. The molecule has 0 aromatic heterocycles. The highest BCUT2D eigenvalue weighted by Crippen LogP contribution is 2.39. The van der Waals surface area contributed by atoms with Crippen molar-refractivity contribution in [2.24, 2.45) is 5.41 Å². The van der Waals surface area contributed by atoms with Crippen molar-refractivity contribution in [3.05, 3.63) is 0 Å². The molecule has 2 nitrogen and oxygen atoms in total. The summed E-state index contributed by atoms with van der Waals surface area (Å²) in [6.45, 7) is 12.2. The third kappa shape index (κ3) is 3.95. The lowest BCUT2D eigenvalue weighted by Gasteiger charge is -2.48. The van der Waals surface area contributed by atoms with E-state index in [4.69, 9.17) is 0 Å². The summed E-state index contributed by atoms with van der Waals surface area (Å²) >= 11 is 0. The third-order valence-corrected chi connectivity index (χ3v) is 5.36. The molecular formula is C17H34N2. The third-order valence-electron chi connectivity index (χ3n) is 5.36. The van der Waals surface area contributed by atoms with Gasteiger partial charge in [-0.25, -0.2) is 0 Å². The largest absolute Gasteiger partial charge is 0.313 e. The van der Waals surface area contributed by atoms with Crippen molar-refractivity contribution in [3.8, 4) is 0 Å². The van der Waals surface area contributed by atoms with Gasteiger partial charge in [-0.05, 0) is 51.5 Å². The summed E-state index contributed by atoms with van der Waals surface area (Å²) in [6, 6.07) is 2.19. The van der Waals surface area contributed by atoms with Crippen molar-refractivity contribution in [2.45, 2.75) is 90.8 Å². The van der Waals surface area contributed by atoms with E-state index in [0.717, 1.165) is 12.1 Å². The average molecular weight is 266 g/mol. The quantitative estimate of drug-likeness (QED) is 0.832. The molecule has 2 heteroatoms. The van der Waals surface area contributed by atoms with Gasteiger partial charge in [-0.1, -0.05) is 33.1 Å². The molecule has 0 radical (unpaired) electrons. The van der Waals surface area contributed by atoms with Crippen LogP contribution in [0.5, 0.6) is 0 Å².